The van der Waals surface area contributed by atoms with E-state index in [1.54, 1.807) is 0 Å². The van der Waals surface area contributed by atoms with Crippen LogP contribution in [0.4, 0.5) is 0 Å². The average Bonchev–Trinajstić information content (AvgIpc) is 2.38. The molecular weight excluding hydrogens is 332 g/mol. The summed E-state index contributed by atoms with van der Waals surface area (Å²) in [5, 5.41) is 3.44. The molecular formula is C16H27BrN2O2. The number of hydrogen-bond acceptors (Lipinski definition) is 4. The van der Waals surface area contributed by atoms with Crippen LogP contribution < -0.4 is 14.8 Å². The van der Waals surface area contributed by atoms with E-state index in [9.17, 15) is 0 Å². The SMILES string of the molecule is CCOc1cc(CNCCN(C)C)c(Br)cc1OC(C)C. The molecule has 1 aromatic rings. The minimum absolute atomic E-state index is 0.125. The molecule has 0 radical (unpaired) electrons. The first kappa shape index (κ1) is 18.3. The van der Waals surface area contributed by atoms with Gasteiger partial charge in [0.05, 0.1) is 12.7 Å². The van der Waals surface area contributed by atoms with Crippen molar-refractivity contribution in [2.24, 2.45) is 0 Å². The van der Waals surface area contributed by atoms with E-state index in [-0.39, 0.29) is 6.10 Å². The predicted molar refractivity (Wildman–Crippen MR) is 91.3 cm³/mol. The minimum atomic E-state index is 0.125. The molecule has 0 spiro atoms. The van der Waals surface area contributed by atoms with E-state index in [1.807, 2.05) is 32.9 Å². The zero-order valence-electron chi connectivity index (χ0n) is 13.7. The Balaban J connectivity index is 2.77. The summed E-state index contributed by atoms with van der Waals surface area (Å²) < 4.78 is 12.5. The molecule has 0 aromatic heterocycles. The fraction of sp³-hybridized carbons (Fsp3) is 0.625. The Labute approximate surface area is 136 Å². The highest BCUT2D eigenvalue weighted by Gasteiger charge is 2.12. The molecule has 0 aliphatic heterocycles. The molecule has 0 amide bonds. The van der Waals surface area contributed by atoms with Crippen molar-refractivity contribution in [2.45, 2.75) is 33.4 Å². The Bertz CT molecular complexity index is 437. The van der Waals surface area contributed by atoms with E-state index in [0.29, 0.717) is 6.61 Å². The molecule has 1 aromatic carbocycles. The van der Waals surface area contributed by atoms with Crippen LogP contribution in [0, 0.1) is 0 Å². The molecule has 0 heterocycles. The highest BCUT2D eigenvalue weighted by atomic mass is 79.9. The number of benzene rings is 1. The maximum atomic E-state index is 5.81. The molecule has 1 N–H and O–H groups in total. The third kappa shape index (κ3) is 6.68. The van der Waals surface area contributed by atoms with Gasteiger partial charge in [0.15, 0.2) is 11.5 Å². The molecule has 0 bridgehead atoms. The Kier molecular flexibility index (Phi) is 8.07. The second-order valence-electron chi connectivity index (χ2n) is 5.47. The van der Waals surface area contributed by atoms with Gasteiger partial charge in [-0.15, -0.1) is 0 Å². The predicted octanol–water partition coefficient (Wildman–Crippen LogP) is 3.29. The molecule has 4 nitrogen and oxygen atoms in total. The molecule has 0 saturated carbocycles. The van der Waals surface area contributed by atoms with Crippen LogP contribution in [0.2, 0.25) is 0 Å². The summed E-state index contributed by atoms with van der Waals surface area (Å²) in [6.45, 7) is 9.41. The zero-order chi connectivity index (χ0) is 15.8. The summed E-state index contributed by atoms with van der Waals surface area (Å²) in [5.41, 5.74) is 1.17. The van der Waals surface area contributed by atoms with Gasteiger partial charge in [-0.2, -0.15) is 0 Å². The van der Waals surface area contributed by atoms with Gasteiger partial charge in [0.2, 0.25) is 0 Å². The standard InChI is InChI=1S/C16H27BrN2O2/c1-6-20-15-9-13(11-18-7-8-19(4)5)14(17)10-16(15)21-12(2)3/h9-10,12,18H,6-8,11H2,1-5H3. The summed E-state index contributed by atoms with van der Waals surface area (Å²) in [5.74, 6) is 1.59. The van der Waals surface area contributed by atoms with Gasteiger partial charge in [-0.1, -0.05) is 15.9 Å². The van der Waals surface area contributed by atoms with Crippen molar-refractivity contribution in [3.63, 3.8) is 0 Å². The first-order valence-corrected chi connectivity index (χ1v) is 8.20. The summed E-state index contributed by atoms with van der Waals surface area (Å²) in [6.07, 6.45) is 0.125. The third-order valence-corrected chi connectivity index (χ3v) is 3.56. The fourth-order valence-electron chi connectivity index (χ4n) is 1.85. The molecule has 0 aliphatic carbocycles. The Morgan fingerprint density at radius 2 is 1.95 bits per heavy atom. The average molecular weight is 359 g/mol. The van der Waals surface area contributed by atoms with Crippen molar-refractivity contribution in [1.29, 1.82) is 0 Å². The van der Waals surface area contributed by atoms with Crippen LogP contribution in [-0.2, 0) is 6.54 Å². The van der Waals surface area contributed by atoms with Gasteiger partial charge in [0.25, 0.3) is 0 Å². The summed E-state index contributed by atoms with van der Waals surface area (Å²) in [7, 11) is 4.14. The van der Waals surface area contributed by atoms with Gasteiger partial charge in [-0.3, -0.25) is 0 Å². The molecule has 0 aliphatic rings. The molecule has 0 saturated heterocycles. The quantitative estimate of drug-likeness (QED) is 0.686. The zero-order valence-corrected chi connectivity index (χ0v) is 15.3. The van der Waals surface area contributed by atoms with Crippen LogP contribution in [0.1, 0.15) is 26.3 Å². The van der Waals surface area contributed by atoms with Crippen LogP contribution in [0.15, 0.2) is 16.6 Å². The Morgan fingerprint density at radius 1 is 1.24 bits per heavy atom. The fourth-order valence-corrected chi connectivity index (χ4v) is 2.32. The normalized spacial score (nSPS) is 11.2. The second kappa shape index (κ2) is 9.28. The van der Waals surface area contributed by atoms with Crippen molar-refractivity contribution >= 4 is 15.9 Å². The van der Waals surface area contributed by atoms with Gasteiger partial charge < -0.3 is 19.7 Å². The van der Waals surface area contributed by atoms with Crippen LogP contribution >= 0.6 is 15.9 Å². The lowest BCUT2D eigenvalue weighted by Gasteiger charge is -2.17. The van der Waals surface area contributed by atoms with Gasteiger partial charge in [0.1, 0.15) is 0 Å². The smallest absolute Gasteiger partial charge is 0.162 e. The van der Waals surface area contributed by atoms with Crippen LogP contribution in [-0.4, -0.2) is 44.8 Å². The minimum Gasteiger partial charge on any atom is -0.490 e. The lowest BCUT2D eigenvalue weighted by atomic mass is 10.2. The number of rotatable bonds is 9. The number of hydrogen-bond donors (Lipinski definition) is 1. The highest BCUT2D eigenvalue weighted by Crippen LogP contribution is 2.34. The molecule has 5 heteroatoms. The largest absolute Gasteiger partial charge is 0.490 e. The second-order valence-corrected chi connectivity index (χ2v) is 6.32. The van der Waals surface area contributed by atoms with E-state index in [2.05, 4.69) is 40.2 Å². The van der Waals surface area contributed by atoms with Crippen LogP contribution in [0.5, 0.6) is 11.5 Å². The molecule has 0 atom stereocenters. The highest BCUT2D eigenvalue weighted by molar-refractivity contribution is 9.10. The lowest BCUT2D eigenvalue weighted by molar-refractivity contribution is 0.223. The molecule has 120 valence electrons. The van der Waals surface area contributed by atoms with Gasteiger partial charge >= 0.3 is 0 Å². The van der Waals surface area contributed by atoms with Gasteiger partial charge in [-0.25, -0.2) is 0 Å². The molecule has 0 fully saturated rings. The first-order chi connectivity index (χ1) is 9.93. The monoisotopic (exact) mass is 358 g/mol. The molecule has 21 heavy (non-hydrogen) atoms. The van der Waals surface area contributed by atoms with Crippen LogP contribution in [0.25, 0.3) is 0 Å². The summed E-state index contributed by atoms with van der Waals surface area (Å²) in [4.78, 5) is 2.16. The lowest BCUT2D eigenvalue weighted by Crippen LogP contribution is -2.26. The topological polar surface area (TPSA) is 33.7 Å². The molecule has 1 rings (SSSR count). The van der Waals surface area contributed by atoms with E-state index in [0.717, 1.165) is 35.6 Å². The maximum Gasteiger partial charge on any atom is 0.162 e. The number of ether oxygens (including phenoxy) is 2. The van der Waals surface area contributed by atoms with Crippen LogP contribution in [0.3, 0.4) is 0 Å². The first-order valence-electron chi connectivity index (χ1n) is 7.41. The summed E-state index contributed by atoms with van der Waals surface area (Å²) in [6, 6.07) is 4.04. The maximum absolute atomic E-state index is 5.81. The number of halogens is 1. The van der Waals surface area contributed by atoms with Crippen molar-refractivity contribution in [3.05, 3.63) is 22.2 Å². The number of nitrogens with one attached hydrogen (secondary N) is 1. The van der Waals surface area contributed by atoms with E-state index >= 15 is 0 Å². The van der Waals surface area contributed by atoms with Gasteiger partial charge in [-0.05, 0) is 52.6 Å². The van der Waals surface area contributed by atoms with E-state index in [1.165, 1.54) is 5.56 Å². The van der Waals surface area contributed by atoms with Crippen molar-refractivity contribution in [1.82, 2.24) is 10.2 Å². The van der Waals surface area contributed by atoms with Crippen molar-refractivity contribution in [2.75, 3.05) is 33.8 Å². The summed E-state index contributed by atoms with van der Waals surface area (Å²) >= 11 is 3.62. The van der Waals surface area contributed by atoms with E-state index in [4.69, 9.17) is 9.47 Å². The van der Waals surface area contributed by atoms with E-state index < -0.39 is 0 Å². The van der Waals surface area contributed by atoms with Crippen molar-refractivity contribution in [3.8, 4) is 11.5 Å². The third-order valence-electron chi connectivity index (χ3n) is 2.83. The Morgan fingerprint density at radius 3 is 2.52 bits per heavy atom. The Hall–Kier alpha value is -0.780. The van der Waals surface area contributed by atoms with Gasteiger partial charge in [0, 0.05) is 24.1 Å². The van der Waals surface area contributed by atoms with Crippen molar-refractivity contribution < 1.29 is 9.47 Å². The number of nitrogens with zero attached hydrogens (tertiary/aromatic N) is 1. The molecule has 0 unspecified atom stereocenters. The number of likely N-dealkylation sites (N-methyl/N-ethyl adjacent to an activating group) is 1.